The molecule has 0 atom stereocenters. The van der Waals surface area contributed by atoms with Crippen molar-refractivity contribution in [2.75, 3.05) is 12.4 Å². The summed E-state index contributed by atoms with van der Waals surface area (Å²) in [5.41, 5.74) is 2.04. The fraction of sp³-hybridized carbons (Fsp3) is 0.308. The predicted molar refractivity (Wildman–Crippen MR) is 68.0 cm³/mol. The molecule has 2 heterocycles. The van der Waals surface area contributed by atoms with Crippen molar-refractivity contribution < 1.29 is 0 Å². The summed E-state index contributed by atoms with van der Waals surface area (Å²) in [5.74, 6) is 1.68. The fourth-order valence-electron chi connectivity index (χ4n) is 1.61. The normalized spacial score (nSPS) is 10.2. The highest BCUT2D eigenvalue weighted by Crippen LogP contribution is 2.09. The van der Waals surface area contributed by atoms with Gasteiger partial charge < -0.3 is 5.32 Å². The number of nitrogens with one attached hydrogen (secondary N) is 1. The van der Waals surface area contributed by atoms with Gasteiger partial charge in [-0.15, -0.1) is 0 Å². The quantitative estimate of drug-likeness (QED) is 0.870. The molecule has 0 radical (unpaired) electrons. The van der Waals surface area contributed by atoms with E-state index in [-0.39, 0.29) is 0 Å². The van der Waals surface area contributed by atoms with Gasteiger partial charge in [0.2, 0.25) is 0 Å². The number of pyridine rings is 1. The first kappa shape index (κ1) is 11.5. The maximum absolute atomic E-state index is 4.50. The van der Waals surface area contributed by atoms with Gasteiger partial charge in [0.25, 0.3) is 0 Å². The molecule has 4 heteroatoms. The van der Waals surface area contributed by atoms with Gasteiger partial charge in [0.1, 0.15) is 11.6 Å². The SMILES string of the molecule is CCc1cc(NC)nc(Cc2ccccn2)n1. The number of aromatic nitrogens is 3. The van der Waals surface area contributed by atoms with E-state index in [1.54, 1.807) is 6.20 Å². The average Bonchev–Trinajstić information content (AvgIpc) is 2.39. The van der Waals surface area contributed by atoms with Gasteiger partial charge in [-0.05, 0) is 18.6 Å². The van der Waals surface area contributed by atoms with E-state index in [9.17, 15) is 0 Å². The second kappa shape index (κ2) is 5.39. The third kappa shape index (κ3) is 3.00. The summed E-state index contributed by atoms with van der Waals surface area (Å²) in [7, 11) is 1.87. The lowest BCUT2D eigenvalue weighted by atomic mass is 10.2. The van der Waals surface area contributed by atoms with Crippen LogP contribution in [0.2, 0.25) is 0 Å². The number of rotatable bonds is 4. The van der Waals surface area contributed by atoms with Crippen LogP contribution >= 0.6 is 0 Å². The highest BCUT2D eigenvalue weighted by molar-refractivity contribution is 5.35. The van der Waals surface area contributed by atoms with Crippen LogP contribution in [0.1, 0.15) is 24.1 Å². The lowest BCUT2D eigenvalue weighted by Crippen LogP contribution is -2.04. The zero-order chi connectivity index (χ0) is 12.1. The molecule has 0 bridgehead atoms. The molecule has 0 aliphatic rings. The zero-order valence-corrected chi connectivity index (χ0v) is 10.1. The predicted octanol–water partition coefficient (Wildman–Crippen LogP) is 2.07. The summed E-state index contributed by atoms with van der Waals surface area (Å²) in [6, 6.07) is 7.85. The minimum atomic E-state index is 0.670. The van der Waals surface area contributed by atoms with Gasteiger partial charge in [0.15, 0.2) is 0 Å². The molecule has 4 nitrogen and oxygen atoms in total. The summed E-state index contributed by atoms with van der Waals surface area (Å²) >= 11 is 0. The molecular formula is C13H16N4. The fourth-order valence-corrected chi connectivity index (χ4v) is 1.61. The van der Waals surface area contributed by atoms with Crippen LogP contribution in [0.15, 0.2) is 30.5 Å². The maximum Gasteiger partial charge on any atom is 0.136 e. The Bertz CT molecular complexity index is 460. The summed E-state index contributed by atoms with van der Waals surface area (Å²) in [4.78, 5) is 13.2. The molecule has 0 spiro atoms. The zero-order valence-electron chi connectivity index (χ0n) is 10.1. The average molecular weight is 228 g/mol. The van der Waals surface area contributed by atoms with Crippen molar-refractivity contribution in [2.45, 2.75) is 19.8 Å². The lowest BCUT2D eigenvalue weighted by Gasteiger charge is -2.06. The largest absolute Gasteiger partial charge is 0.373 e. The Morgan fingerprint density at radius 2 is 2.06 bits per heavy atom. The number of aryl methyl sites for hydroxylation is 1. The molecule has 2 aromatic heterocycles. The van der Waals surface area contributed by atoms with Gasteiger partial charge in [0.05, 0.1) is 6.42 Å². The number of hydrogen-bond acceptors (Lipinski definition) is 4. The van der Waals surface area contributed by atoms with Crippen molar-refractivity contribution in [3.05, 3.63) is 47.7 Å². The molecule has 88 valence electrons. The van der Waals surface area contributed by atoms with Gasteiger partial charge in [-0.25, -0.2) is 9.97 Å². The smallest absolute Gasteiger partial charge is 0.136 e. The Morgan fingerprint density at radius 3 is 2.71 bits per heavy atom. The van der Waals surface area contributed by atoms with E-state index in [0.29, 0.717) is 6.42 Å². The second-order valence-electron chi connectivity index (χ2n) is 3.76. The molecule has 2 aromatic rings. The highest BCUT2D eigenvalue weighted by Gasteiger charge is 2.04. The Kier molecular flexibility index (Phi) is 3.65. The van der Waals surface area contributed by atoms with E-state index < -0.39 is 0 Å². The monoisotopic (exact) mass is 228 g/mol. The van der Waals surface area contributed by atoms with Crippen molar-refractivity contribution >= 4 is 5.82 Å². The van der Waals surface area contributed by atoms with E-state index in [2.05, 4.69) is 27.2 Å². The first-order valence-electron chi connectivity index (χ1n) is 5.76. The van der Waals surface area contributed by atoms with Gasteiger partial charge >= 0.3 is 0 Å². The van der Waals surface area contributed by atoms with Crippen molar-refractivity contribution in [3.63, 3.8) is 0 Å². The standard InChI is InChI=1S/C13H16N4/c1-3-10-8-12(14-2)17-13(16-10)9-11-6-4-5-7-15-11/h4-8H,3,9H2,1-2H3,(H,14,16,17). The molecular weight excluding hydrogens is 212 g/mol. The Labute approximate surface area is 101 Å². The van der Waals surface area contributed by atoms with Gasteiger partial charge in [0, 0.05) is 30.7 Å². The van der Waals surface area contributed by atoms with Gasteiger partial charge in [-0.1, -0.05) is 13.0 Å². The Morgan fingerprint density at radius 1 is 1.18 bits per heavy atom. The van der Waals surface area contributed by atoms with Crippen LogP contribution in [0, 0.1) is 0 Å². The van der Waals surface area contributed by atoms with Crippen LogP contribution in [0.25, 0.3) is 0 Å². The van der Waals surface area contributed by atoms with Crippen LogP contribution in [-0.4, -0.2) is 22.0 Å². The van der Waals surface area contributed by atoms with Gasteiger partial charge in [-0.2, -0.15) is 0 Å². The second-order valence-corrected chi connectivity index (χ2v) is 3.76. The first-order valence-corrected chi connectivity index (χ1v) is 5.76. The molecule has 0 saturated carbocycles. The van der Waals surface area contributed by atoms with E-state index in [1.165, 1.54) is 0 Å². The van der Waals surface area contributed by atoms with E-state index in [1.807, 2.05) is 31.3 Å². The Hall–Kier alpha value is -1.97. The van der Waals surface area contributed by atoms with Crippen LogP contribution in [0.5, 0.6) is 0 Å². The van der Waals surface area contributed by atoms with E-state index in [4.69, 9.17) is 0 Å². The lowest BCUT2D eigenvalue weighted by molar-refractivity contribution is 0.890. The molecule has 17 heavy (non-hydrogen) atoms. The summed E-state index contributed by atoms with van der Waals surface area (Å²) in [6.07, 6.45) is 3.37. The molecule has 1 N–H and O–H groups in total. The molecule has 2 rings (SSSR count). The van der Waals surface area contributed by atoms with Crippen molar-refractivity contribution in [1.82, 2.24) is 15.0 Å². The highest BCUT2D eigenvalue weighted by atomic mass is 15.0. The third-order valence-electron chi connectivity index (χ3n) is 2.51. The number of anilines is 1. The Balaban J connectivity index is 2.26. The first-order chi connectivity index (χ1) is 8.31. The summed E-state index contributed by atoms with van der Waals surface area (Å²) < 4.78 is 0. The molecule has 0 unspecified atom stereocenters. The van der Waals surface area contributed by atoms with E-state index in [0.717, 1.165) is 29.5 Å². The summed E-state index contributed by atoms with van der Waals surface area (Å²) in [6.45, 7) is 2.09. The third-order valence-corrected chi connectivity index (χ3v) is 2.51. The molecule has 0 amide bonds. The molecule has 0 fully saturated rings. The van der Waals surface area contributed by atoms with E-state index >= 15 is 0 Å². The molecule has 0 aliphatic heterocycles. The number of hydrogen-bond donors (Lipinski definition) is 1. The topological polar surface area (TPSA) is 50.7 Å². The van der Waals surface area contributed by atoms with Crippen LogP contribution in [0.4, 0.5) is 5.82 Å². The van der Waals surface area contributed by atoms with Gasteiger partial charge in [-0.3, -0.25) is 4.98 Å². The minimum absolute atomic E-state index is 0.670. The summed E-state index contributed by atoms with van der Waals surface area (Å²) in [5, 5.41) is 3.06. The number of nitrogens with zero attached hydrogens (tertiary/aromatic N) is 3. The van der Waals surface area contributed by atoms with Crippen LogP contribution in [-0.2, 0) is 12.8 Å². The van der Waals surface area contributed by atoms with Crippen LogP contribution < -0.4 is 5.32 Å². The molecule has 0 aliphatic carbocycles. The maximum atomic E-state index is 4.50. The van der Waals surface area contributed by atoms with Crippen molar-refractivity contribution in [1.29, 1.82) is 0 Å². The minimum Gasteiger partial charge on any atom is -0.373 e. The van der Waals surface area contributed by atoms with Crippen LogP contribution in [0.3, 0.4) is 0 Å². The van der Waals surface area contributed by atoms with Crippen molar-refractivity contribution in [3.8, 4) is 0 Å². The van der Waals surface area contributed by atoms with Crippen molar-refractivity contribution in [2.24, 2.45) is 0 Å². The molecule has 0 aromatic carbocycles. The molecule has 0 saturated heterocycles.